The molecular formula is C20H36FN5O5. The highest BCUT2D eigenvalue weighted by Gasteiger charge is 2.50. The summed E-state index contributed by atoms with van der Waals surface area (Å²) < 4.78 is 21.9. The van der Waals surface area contributed by atoms with Crippen molar-refractivity contribution in [3.8, 4) is 0 Å². The summed E-state index contributed by atoms with van der Waals surface area (Å²) in [4.78, 5) is 0. The van der Waals surface area contributed by atoms with Gasteiger partial charge in [-0.05, 0) is 44.6 Å². The van der Waals surface area contributed by atoms with Gasteiger partial charge in [0.15, 0.2) is 0 Å². The zero-order chi connectivity index (χ0) is 22.0. The number of hydrogen-bond acceptors (Lipinski definition) is 10. The maximum Gasteiger partial charge on any atom is 0.344 e. The van der Waals surface area contributed by atoms with Crippen LogP contribution in [0.4, 0.5) is 4.39 Å². The van der Waals surface area contributed by atoms with E-state index in [1.165, 1.54) is 0 Å². The van der Waals surface area contributed by atoms with Crippen LogP contribution in [0.5, 0.6) is 0 Å². The molecule has 3 aliphatic heterocycles. The molecule has 0 amide bonds. The zero-order valence-electron chi connectivity index (χ0n) is 17.6. The van der Waals surface area contributed by atoms with Crippen LogP contribution in [0.2, 0.25) is 0 Å². The van der Waals surface area contributed by atoms with E-state index in [0.29, 0.717) is 19.4 Å². The van der Waals surface area contributed by atoms with E-state index in [4.69, 9.17) is 4.74 Å². The van der Waals surface area contributed by atoms with E-state index in [-0.39, 0.29) is 30.6 Å². The molecule has 4 aliphatic rings. The first-order valence-electron chi connectivity index (χ1n) is 11.3. The van der Waals surface area contributed by atoms with Gasteiger partial charge < -0.3 is 30.5 Å². The molecule has 4 rings (SSSR count). The van der Waals surface area contributed by atoms with Crippen molar-refractivity contribution in [3.05, 3.63) is 11.6 Å². The lowest BCUT2D eigenvalue weighted by molar-refractivity contribution is -0.337. The topological polar surface area (TPSA) is 150 Å². The third kappa shape index (κ3) is 5.80. The van der Waals surface area contributed by atoms with E-state index >= 15 is 4.39 Å². The SMILES string of the molecule is OCC1CC(NC(O)(O)O)NC(NC2CC3CCOC3C(C3=CCNCCC3)C2F)N1. The van der Waals surface area contributed by atoms with E-state index in [1.54, 1.807) is 0 Å². The fourth-order valence-corrected chi connectivity index (χ4v) is 5.57. The summed E-state index contributed by atoms with van der Waals surface area (Å²) in [5.41, 5.74) is 1.13. The van der Waals surface area contributed by atoms with Crippen molar-refractivity contribution in [1.82, 2.24) is 26.6 Å². The van der Waals surface area contributed by atoms with E-state index in [9.17, 15) is 20.4 Å². The highest BCUT2D eigenvalue weighted by Crippen LogP contribution is 2.44. The van der Waals surface area contributed by atoms with Crippen LogP contribution in [0.15, 0.2) is 11.6 Å². The Morgan fingerprint density at radius 3 is 2.84 bits per heavy atom. The second kappa shape index (κ2) is 10.0. The van der Waals surface area contributed by atoms with Crippen LogP contribution in [0.25, 0.3) is 0 Å². The Hall–Kier alpha value is -0.730. The third-order valence-electron chi connectivity index (χ3n) is 6.92. The molecule has 2 saturated heterocycles. The summed E-state index contributed by atoms with van der Waals surface area (Å²) >= 11 is 0. The predicted octanol–water partition coefficient (Wildman–Crippen LogP) is -2.25. The van der Waals surface area contributed by atoms with Gasteiger partial charge in [-0.15, -0.1) is 0 Å². The molecule has 0 bridgehead atoms. The molecule has 0 aromatic heterocycles. The summed E-state index contributed by atoms with van der Waals surface area (Å²) in [6.45, 7) is 2.14. The monoisotopic (exact) mass is 445 g/mol. The largest absolute Gasteiger partial charge is 0.395 e. The summed E-state index contributed by atoms with van der Waals surface area (Å²) in [6.07, 6.45) is 0.236. The lowest BCUT2D eigenvalue weighted by Gasteiger charge is -2.45. The van der Waals surface area contributed by atoms with Crippen LogP contribution < -0.4 is 26.6 Å². The van der Waals surface area contributed by atoms with Gasteiger partial charge in [0.05, 0.1) is 18.9 Å². The molecule has 3 fully saturated rings. The summed E-state index contributed by atoms with van der Waals surface area (Å²) in [5, 5.41) is 52.5. The van der Waals surface area contributed by atoms with Gasteiger partial charge >= 0.3 is 6.10 Å². The minimum atomic E-state index is -3.05. The van der Waals surface area contributed by atoms with Crippen LogP contribution in [-0.4, -0.2) is 89.6 Å². The van der Waals surface area contributed by atoms with Gasteiger partial charge in [0.1, 0.15) is 12.5 Å². The number of ether oxygens (including phenoxy) is 1. The van der Waals surface area contributed by atoms with Crippen LogP contribution in [0.1, 0.15) is 32.1 Å². The number of fused-ring (bicyclic) bond motifs is 1. The van der Waals surface area contributed by atoms with E-state index in [1.807, 2.05) is 0 Å². The van der Waals surface area contributed by atoms with Crippen LogP contribution >= 0.6 is 0 Å². The molecule has 0 aromatic carbocycles. The van der Waals surface area contributed by atoms with E-state index in [0.717, 1.165) is 37.9 Å². The van der Waals surface area contributed by atoms with Crippen molar-refractivity contribution >= 4 is 0 Å². The van der Waals surface area contributed by atoms with Crippen molar-refractivity contribution in [2.45, 2.75) is 75.0 Å². The number of rotatable bonds is 6. The Kier molecular flexibility index (Phi) is 7.59. The number of aliphatic hydroxyl groups is 4. The molecule has 0 radical (unpaired) electrons. The Morgan fingerprint density at radius 2 is 2.06 bits per heavy atom. The molecule has 11 heteroatoms. The van der Waals surface area contributed by atoms with Crippen molar-refractivity contribution in [2.24, 2.45) is 11.8 Å². The highest BCUT2D eigenvalue weighted by molar-refractivity contribution is 5.18. The second-order valence-corrected chi connectivity index (χ2v) is 9.16. The number of halogens is 1. The normalized spacial score (nSPS) is 42.0. The molecule has 10 nitrogen and oxygen atoms in total. The van der Waals surface area contributed by atoms with E-state index in [2.05, 4.69) is 32.7 Å². The number of hydrogen-bond donors (Lipinski definition) is 9. The molecule has 8 atom stereocenters. The van der Waals surface area contributed by atoms with Gasteiger partial charge in [-0.3, -0.25) is 16.0 Å². The fraction of sp³-hybridized carbons (Fsp3) is 0.900. The molecule has 0 spiro atoms. The Morgan fingerprint density at radius 1 is 1.23 bits per heavy atom. The first-order chi connectivity index (χ1) is 14.8. The molecule has 1 saturated carbocycles. The summed E-state index contributed by atoms with van der Waals surface area (Å²) in [6, 6.07) is -0.801. The first kappa shape index (κ1) is 23.4. The standard InChI is InChI=1S/C20H36FN5O5/c21-17-14(24-19-23-13(10-27)9-15(25-19)26-20(28,29)30)8-12-4-7-31-18(12)16(17)11-2-1-5-22-6-3-11/h3,12-19,22-30H,1-2,4-10H2. The lowest BCUT2D eigenvalue weighted by Crippen LogP contribution is -2.72. The first-order valence-corrected chi connectivity index (χ1v) is 11.3. The lowest BCUT2D eigenvalue weighted by atomic mass is 9.71. The van der Waals surface area contributed by atoms with Crippen LogP contribution in [0.3, 0.4) is 0 Å². The van der Waals surface area contributed by atoms with Crippen molar-refractivity contribution in [1.29, 1.82) is 0 Å². The minimum Gasteiger partial charge on any atom is -0.395 e. The number of aliphatic hydroxyl groups excluding tert-OH is 1. The Balaban J connectivity index is 1.47. The van der Waals surface area contributed by atoms with Gasteiger partial charge in [-0.25, -0.2) is 9.71 Å². The van der Waals surface area contributed by atoms with Crippen molar-refractivity contribution in [2.75, 3.05) is 26.3 Å². The molecule has 31 heavy (non-hydrogen) atoms. The fourth-order valence-electron chi connectivity index (χ4n) is 5.57. The Bertz CT molecular complexity index is 636. The third-order valence-corrected chi connectivity index (χ3v) is 6.92. The molecule has 1 aliphatic carbocycles. The van der Waals surface area contributed by atoms with Gasteiger partial charge in [0.2, 0.25) is 0 Å². The van der Waals surface area contributed by atoms with Crippen molar-refractivity contribution < 1.29 is 29.6 Å². The van der Waals surface area contributed by atoms with Crippen molar-refractivity contribution in [3.63, 3.8) is 0 Å². The van der Waals surface area contributed by atoms with Gasteiger partial charge in [0.25, 0.3) is 0 Å². The van der Waals surface area contributed by atoms with Crippen LogP contribution in [0, 0.1) is 11.8 Å². The minimum absolute atomic E-state index is 0.0944. The average Bonchev–Trinajstić information content (AvgIpc) is 3.00. The molecule has 3 heterocycles. The predicted molar refractivity (Wildman–Crippen MR) is 110 cm³/mol. The van der Waals surface area contributed by atoms with Gasteiger partial charge in [0, 0.05) is 31.2 Å². The van der Waals surface area contributed by atoms with Gasteiger partial charge in [-0.1, -0.05) is 11.6 Å². The zero-order valence-corrected chi connectivity index (χ0v) is 17.6. The van der Waals surface area contributed by atoms with E-state index < -0.39 is 30.8 Å². The second-order valence-electron chi connectivity index (χ2n) is 9.16. The number of nitrogens with one attached hydrogen (secondary N) is 5. The molecule has 0 aromatic rings. The summed E-state index contributed by atoms with van der Waals surface area (Å²) in [5.74, 6) is -0.0116. The van der Waals surface area contributed by atoms with Crippen LogP contribution in [-0.2, 0) is 4.74 Å². The Labute approximate surface area is 181 Å². The molecular weight excluding hydrogens is 409 g/mol. The number of alkyl halides is 1. The molecule has 9 N–H and O–H groups in total. The highest BCUT2D eigenvalue weighted by atomic mass is 19.1. The quantitative estimate of drug-likeness (QED) is 0.162. The molecule has 8 unspecified atom stereocenters. The smallest absolute Gasteiger partial charge is 0.344 e. The molecule has 178 valence electrons. The maximum absolute atomic E-state index is 15.9. The average molecular weight is 446 g/mol. The van der Waals surface area contributed by atoms with Gasteiger partial charge in [-0.2, -0.15) is 0 Å². The summed E-state index contributed by atoms with van der Waals surface area (Å²) in [7, 11) is 0. The maximum atomic E-state index is 15.9.